The first-order valence-electron chi connectivity index (χ1n) is 11.4. The SMILES string of the molecule is CC(NC(=S)Nc1c2c(nc3c1CCC3)CCCC2)(c1ccccc1)c1ccccc1. The highest BCUT2D eigenvalue weighted by molar-refractivity contribution is 7.80. The molecule has 0 amide bonds. The molecule has 0 radical (unpaired) electrons. The number of anilines is 1. The second-order valence-electron chi connectivity index (χ2n) is 8.83. The lowest BCUT2D eigenvalue weighted by Gasteiger charge is -2.34. The molecule has 2 aliphatic carbocycles. The fraction of sp³-hybridized carbons (Fsp3) is 0.333. The van der Waals surface area contributed by atoms with Crippen LogP contribution in [0.3, 0.4) is 0 Å². The van der Waals surface area contributed by atoms with Gasteiger partial charge in [-0.05, 0) is 86.3 Å². The monoisotopic (exact) mass is 427 g/mol. The average Bonchev–Trinajstić information content (AvgIpc) is 3.28. The van der Waals surface area contributed by atoms with Crippen molar-refractivity contribution in [2.45, 2.75) is 57.4 Å². The summed E-state index contributed by atoms with van der Waals surface area (Å²) in [7, 11) is 0. The van der Waals surface area contributed by atoms with Crippen LogP contribution in [0, 0.1) is 0 Å². The van der Waals surface area contributed by atoms with E-state index in [0.717, 1.165) is 25.7 Å². The van der Waals surface area contributed by atoms with Gasteiger partial charge in [0.15, 0.2) is 5.11 Å². The molecular weight excluding hydrogens is 398 g/mol. The van der Waals surface area contributed by atoms with Crippen molar-refractivity contribution >= 4 is 23.0 Å². The van der Waals surface area contributed by atoms with Crippen LogP contribution in [0.15, 0.2) is 60.7 Å². The molecular formula is C27H29N3S. The van der Waals surface area contributed by atoms with E-state index < -0.39 is 5.54 Å². The van der Waals surface area contributed by atoms with E-state index in [-0.39, 0.29) is 0 Å². The minimum atomic E-state index is -0.428. The number of aromatic nitrogens is 1. The van der Waals surface area contributed by atoms with Crippen LogP contribution in [0.4, 0.5) is 5.69 Å². The third-order valence-electron chi connectivity index (χ3n) is 6.81. The number of hydrogen-bond donors (Lipinski definition) is 2. The molecule has 4 heteroatoms. The van der Waals surface area contributed by atoms with Gasteiger partial charge in [-0.25, -0.2) is 0 Å². The van der Waals surface area contributed by atoms with E-state index in [9.17, 15) is 0 Å². The van der Waals surface area contributed by atoms with Gasteiger partial charge in [-0.3, -0.25) is 4.98 Å². The highest BCUT2D eigenvalue weighted by Gasteiger charge is 2.31. The van der Waals surface area contributed by atoms with Crippen LogP contribution in [0.25, 0.3) is 0 Å². The molecule has 2 N–H and O–H groups in total. The summed E-state index contributed by atoms with van der Waals surface area (Å²) >= 11 is 5.92. The summed E-state index contributed by atoms with van der Waals surface area (Å²) in [6.45, 7) is 2.21. The van der Waals surface area contributed by atoms with E-state index in [4.69, 9.17) is 17.2 Å². The molecule has 158 valence electrons. The van der Waals surface area contributed by atoms with Gasteiger partial charge in [-0.15, -0.1) is 0 Å². The molecule has 31 heavy (non-hydrogen) atoms. The molecule has 2 aromatic carbocycles. The van der Waals surface area contributed by atoms with Gasteiger partial charge in [-0.1, -0.05) is 60.7 Å². The zero-order valence-corrected chi connectivity index (χ0v) is 18.9. The minimum Gasteiger partial charge on any atom is -0.349 e. The number of nitrogens with zero attached hydrogens (tertiary/aromatic N) is 1. The Kier molecular flexibility index (Phi) is 5.49. The normalized spacial score (nSPS) is 15.1. The van der Waals surface area contributed by atoms with Crippen LogP contribution in [0.2, 0.25) is 0 Å². The molecule has 0 bridgehead atoms. The van der Waals surface area contributed by atoms with Crippen molar-refractivity contribution in [3.63, 3.8) is 0 Å². The smallest absolute Gasteiger partial charge is 0.171 e. The molecule has 0 spiro atoms. The fourth-order valence-electron chi connectivity index (χ4n) is 5.12. The van der Waals surface area contributed by atoms with E-state index in [1.54, 1.807) is 0 Å². The predicted molar refractivity (Wildman–Crippen MR) is 132 cm³/mol. The van der Waals surface area contributed by atoms with E-state index in [0.29, 0.717) is 5.11 Å². The average molecular weight is 428 g/mol. The van der Waals surface area contributed by atoms with Crippen molar-refractivity contribution in [3.8, 4) is 0 Å². The summed E-state index contributed by atoms with van der Waals surface area (Å²) in [4.78, 5) is 5.03. The summed E-state index contributed by atoms with van der Waals surface area (Å²) < 4.78 is 0. The number of hydrogen-bond acceptors (Lipinski definition) is 2. The Hall–Kier alpha value is -2.72. The molecule has 2 aliphatic rings. The highest BCUT2D eigenvalue weighted by Crippen LogP contribution is 2.36. The molecule has 0 atom stereocenters. The predicted octanol–water partition coefficient (Wildman–Crippen LogP) is 5.70. The Morgan fingerprint density at radius 1 is 0.774 bits per heavy atom. The van der Waals surface area contributed by atoms with Crippen molar-refractivity contribution in [1.29, 1.82) is 0 Å². The molecule has 5 rings (SSSR count). The molecule has 0 saturated heterocycles. The molecule has 3 aromatic rings. The van der Waals surface area contributed by atoms with E-state index in [1.807, 2.05) is 0 Å². The second kappa shape index (κ2) is 8.43. The largest absolute Gasteiger partial charge is 0.349 e. The number of nitrogens with one attached hydrogen (secondary N) is 2. The molecule has 0 fully saturated rings. The third-order valence-corrected chi connectivity index (χ3v) is 7.01. The maximum atomic E-state index is 5.92. The summed E-state index contributed by atoms with van der Waals surface area (Å²) in [5.41, 5.74) is 8.51. The molecule has 1 heterocycles. The molecule has 0 saturated carbocycles. The number of aryl methyl sites for hydroxylation is 2. The Labute approximate surface area is 190 Å². The van der Waals surface area contributed by atoms with Crippen LogP contribution >= 0.6 is 12.2 Å². The zero-order valence-electron chi connectivity index (χ0n) is 18.1. The van der Waals surface area contributed by atoms with Gasteiger partial charge in [0, 0.05) is 11.4 Å². The number of benzene rings is 2. The van der Waals surface area contributed by atoms with Gasteiger partial charge >= 0.3 is 0 Å². The van der Waals surface area contributed by atoms with E-state index in [2.05, 4.69) is 78.2 Å². The van der Waals surface area contributed by atoms with Crippen LogP contribution < -0.4 is 10.6 Å². The summed E-state index contributed by atoms with van der Waals surface area (Å²) in [5.74, 6) is 0. The van der Waals surface area contributed by atoms with Gasteiger partial charge in [0.05, 0.1) is 11.2 Å². The molecule has 0 aliphatic heterocycles. The molecule has 1 aromatic heterocycles. The Bertz CT molecular complexity index is 1050. The van der Waals surface area contributed by atoms with Crippen LogP contribution in [-0.2, 0) is 31.2 Å². The van der Waals surface area contributed by atoms with Gasteiger partial charge in [0.2, 0.25) is 0 Å². The van der Waals surface area contributed by atoms with Gasteiger partial charge < -0.3 is 10.6 Å². The maximum absolute atomic E-state index is 5.92. The van der Waals surface area contributed by atoms with Crippen LogP contribution in [-0.4, -0.2) is 10.1 Å². The quantitative estimate of drug-likeness (QED) is 0.524. The Morgan fingerprint density at radius 3 is 1.90 bits per heavy atom. The topological polar surface area (TPSA) is 37.0 Å². The number of pyridine rings is 1. The summed E-state index contributed by atoms with van der Waals surface area (Å²) in [5, 5.41) is 7.99. The standard InChI is InChI=1S/C27H29N3S/c1-27(19-11-4-2-5-12-19,20-13-6-3-7-14-20)30-26(31)29-25-21-15-8-9-17-23(21)28-24-18-10-16-22(24)25/h2-7,11-14H,8-10,15-18H2,1H3,(H2,28,29,30,31). The van der Waals surface area contributed by atoms with Crippen molar-refractivity contribution < 1.29 is 0 Å². The van der Waals surface area contributed by atoms with E-state index in [1.165, 1.54) is 58.6 Å². The second-order valence-corrected chi connectivity index (χ2v) is 9.24. The first-order valence-corrected chi connectivity index (χ1v) is 11.8. The lowest BCUT2D eigenvalue weighted by Crippen LogP contribution is -2.46. The van der Waals surface area contributed by atoms with Crippen molar-refractivity contribution in [2.75, 3.05) is 5.32 Å². The number of rotatable bonds is 4. The third kappa shape index (κ3) is 3.85. The number of thiocarbonyl (C=S) groups is 1. The maximum Gasteiger partial charge on any atom is 0.171 e. The Balaban J connectivity index is 1.49. The lowest BCUT2D eigenvalue weighted by molar-refractivity contribution is 0.533. The zero-order chi connectivity index (χ0) is 21.3. The Morgan fingerprint density at radius 2 is 1.29 bits per heavy atom. The van der Waals surface area contributed by atoms with Gasteiger partial charge in [0.25, 0.3) is 0 Å². The van der Waals surface area contributed by atoms with Crippen molar-refractivity contribution in [3.05, 3.63) is 94.3 Å². The fourth-order valence-corrected chi connectivity index (χ4v) is 5.43. The lowest BCUT2D eigenvalue weighted by atomic mass is 9.85. The first-order chi connectivity index (χ1) is 15.1. The van der Waals surface area contributed by atoms with Crippen molar-refractivity contribution in [1.82, 2.24) is 10.3 Å². The van der Waals surface area contributed by atoms with Crippen LogP contribution in [0.5, 0.6) is 0 Å². The summed E-state index contributed by atoms with van der Waals surface area (Å²) in [6, 6.07) is 21.1. The molecule has 3 nitrogen and oxygen atoms in total. The van der Waals surface area contributed by atoms with Crippen molar-refractivity contribution in [2.24, 2.45) is 0 Å². The minimum absolute atomic E-state index is 0.428. The van der Waals surface area contributed by atoms with Gasteiger partial charge in [-0.2, -0.15) is 0 Å². The molecule has 0 unspecified atom stereocenters. The highest BCUT2D eigenvalue weighted by atomic mass is 32.1. The first kappa shape index (κ1) is 20.2. The number of fused-ring (bicyclic) bond motifs is 2. The summed E-state index contributed by atoms with van der Waals surface area (Å²) in [6.07, 6.45) is 8.01. The van der Waals surface area contributed by atoms with Gasteiger partial charge in [0.1, 0.15) is 0 Å². The van der Waals surface area contributed by atoms with E-state index >= 15 is 0 Å². The van der Waals surface area contributed by atoms with Crippen LogP contribution in [0.1, 0.15) is 59.8 Å².